The Kier molecular flexibility index (Phi) is 6.78. The number of fused-ring (bicyclic) bond motifs is 9. The van der Waals surface area contributed by atoms with E-state index in [9.17, 15) is 0 Å². The van der Waals surface area contributed by atoms with Gasteiger partial charge in [0.05, 0.1) is 11.0 Å². The minimum atomic E-state index is 0.289. The van der Waals surface area contributed by atoms with Gasteiger partial charge in [0.1, 0.15) is 11.2 Å². The van der Waals surface area contributed by atoms with Crippen LogP contribution in [-0.2, 0) is 6.42 Å². The summed E-state index contributed by atoms with van der Waals surface area (Å²) in [4.78, 5) is 0. The molecule has 0 fully saturated rings. The highest BCUT2D eigenvalue weighted by Crippen LogP contribution is 2.44. The zero-order valence-corrected chi connectivity index (χ0v) is 29.2. The van der Waals surface area contributed by atoms with Crippen LogP contribution in [0, 0.1) is 0 Å². The normalized spacial score (nSPS) is 14.1. The van der Waals surface area contributed by atoms with Gasteiger partial charge in [-0.05, 0) is 118 Å². The number of aryl methyl sites for hydroxylation is 1. The third-order valence-corrected chi connectivity index (χ3v) is 11.5. The van der Waals surface area contributed by atoms with Crippen molar-refractivity contribution in [2.24, 2.45) is 0 Å². The van der Waals surface area contributed by atoms with Crippen molar-refractivity contribution in [2.45, 2.75) is 18.8 Å². The summed E-state index contributed by atoms with van der Waals surface area (Å²) < 4.78 is 8.64. The van der Waals surface area contributed by atoms with Gasteiger partial charge in [-0.3, -0.25) is 0 Å². The Labute approximate surface area is 308 Å². The fourth-order valence-corrected chi connectivity index (χ4v) is 8.92. The van der Waals surface area contributed by atoms with Gasteiger partial charge < -0.3 is 8.98 Å². The molecule has 0 bridgehead atoms. The lowest BCUT2D eigenvalue weighted by Gasteiger charge is -2.19. The summed E-state index contributed by atoms with van der Waals surface area (Å²) in [5.74, 6) is 0.289. The van der Waals surface area contributed by atoms with E-state index in [1.54, 1.807) is 0 Å². The molecule has 10 aromatic rings. The van der Waals surface area contributed by atoms with Gasteiger partial charge in [0.25, 0.3) is 0 Å². The van der Waals surface area contributed by atoms with Gasteiger partial charge in [0.15, 0.2) is 0 Å². The number of furan rings is 1. The number of aromatic nitrogens is 1. The maximum Gasteiger partial charge on any atom is 0.136 e. The lowest BCUT2D eigenvalue weighted by Crippen LogP contribution is -2.02. The van der Waals surface area contributed by atoms with Crippen molar-refractivity contribution in [3.8, 4) is 39.1 Å². The van der Waals surface area contributed by atoms with Crippen LogP contribution in [0.15, 0.2) is 186 Å². The SMILES string of the molecule is c1ccc(-n2c3ccccc3c3cc(-c4ccc5c(c4)-c4ccccc4C(c4cccc(-c6ccc7c(c6)oc6ccccc67)c4)CC5)ccc32)cc1. The summed E-state index contributed by atoms with van der Waals surface area (Å²) in [6.45, 7) is 0. The fraction of sp³-hybridized carbons (Fsp3) is 0.0588. The molecule has 2 heteroatoms. The molecule has 2 aromatic heterocycles. The Morgan fingerprint density at radius 1 is 0.434 bits per heavy atom. The highest BCUT2D eigenvalue weighted by Gasteiger charge is 2.24. The van der Waals surface area contributed by atoms with E-state index in [0.717, 1.165) is 34.8 Å². The van der Waals surface area contributed by atoms with E-state index in [2.05, 4.69) is 174 Å². The summed E-state index contributed by atoms with van der Waals surface area (Å²) in [6.07, 6.45) is 2.08. The largest absolute Gasteiger partial charge is 0.456 e. The first-order valence-corrected chi connectivity index (χ1v) is 18.6. The maximum absolute atomic E-state index is 6.26. The predicted molar refractivity (Wildman–Crippen MR) is 221 cm³/mol. The molecule has 250 valence electrons. The van der Waals surface area contributed by atoms with E-state index < -0.39 is 0 Å². The van der Waals surface area contributed by atoms with Crippen LogP contribution in [0.5, 0.6) is 0 Å². The number of nitrogens with zero attached hydrogens (tertiary/aromatic N) is 1. The number of benzene rings is 8. The highest BCUT2D eigenvalue weighted by molar-refractivity contribution is 6.10. The minimum Gasteiger partial charge on any atom is -0.456 e. The fourth-order valence-electron chi connectivity index (χ4n) is 8.92. The van der Waals surface area contributed by atoms with Crippen LogP contribution >= 0.6 is 0 Å². The van der Waals surface area contributed by atoms with Gasteiger partial charge in [-0.25, -0.2) is 0 Å². The van der Waals surface area contributed by atoms with E-state index in [-0.39, 0.29) is 5.92 Å². The van der Waals surface area contributed by atoms with Gasteiger partial charge in [-0.2, -0.15) is 0 Å². The molecule has 8 aromatic carbocycles. The molecule has 0 N–H and O–H groups in total. The van der Waals surface area contributed by atoms with E-state index >= 15 is 0 Å². The smallest absolute Gasteiger partial charge is 0.136 e. The van der Waals surface area contributed by atoms with Gasteiger partial charge in [-0.15, -0.1) is 0 Å². The van der Waals surface area contributed by atoms with Crippen molar-refractivity contribution in [3.63, 3.8) is 0 Å². The molecule has 2 nitrogen and oxygen atoms in total. The molecule has 0 saturated heterocycles. The molecule has 53 heavy (non-hydrogen) atoms. The van der Waals surface area contributed by atoms with Crippen LogP contribution in [0.2, 0.25) is 0 Å². The molecule has 1 atom stereocenters. The third-order valence-electron chi connectivity index (χ3n) is 11.5. The maximum atomic E-state index is 6.26. The number of hydrogen-bond donors (Lipinski definition) is 0. The molecule has 11 rings (SSSR count). The zero-order chi connectivity index (χ0) is 34.9. The summed E-state index contributed by atoms with van der Waals surface area (Å²) in [5, 5.41) is 4.87. The summed E-state index contributed by atoms with van der Waals surface area (Å²) >= 11 is 0. The van der Waals surface area contributed by atoms with Gasteiger partial charge >= 0.3 is 0 Å². The molecule has 1 unspecified atom stereocenters. The molecule has 1 aliphatic carbocycles. The quantitative estimate of drug-likeness (QED) is 0.181. The van der Waals surface area contributed by atoms with Crippen molar-refractivity contribution in [2.75, 3.05) is 0 Å². The van der Waals surface area contributed by atoms with Gasteiger partial charge in [-0.1, -0.05) is 127 Å². The standard InChI is InChI=1S/C51H35NO/c1-2-13-39(14-3-1)52-48-19-8-6-17-43(48)47-31-36(25-28-49(47)52)35-22-21-33-23-26-40(41-15-4-5-16-42(41)46(33)30-35)38-12-10-11-34(29-38)37-24-27-45-44-18-7-9-20-50(44)53-51(45)32-37/h1-22,24-25,27-32,40H,23,26H2. The molecular formula is C51H35NO. The van der Waals surface area contributed by atoms with Gasteiger partial charge in [0.2, 0.25) is 0 Å². The average molecular weight is 678 g/mol. The lowest BCUT2D eigenvalue weighted by molar-refractivity contribution is 0.669. The Hall–Kier alpha value is -6.64. The minimum absolute atomic E-state index is 0.289. The van der Waals surface area contributed by atoms with Crippen molar-refractivity contribution in [3.05, 3.63) is 199 Å². The van der Waals surface area contributed by atoms with Crippen LogP contribution < -0.4 is 0 Å². The molecule has 1 aliphatic rings. The molecule has 0 radical (unpaired) electrons. The molecule has 0 spiro atoms. The molecule has 2 heterocycles. The molecular weight excluding hydrogens is 643 g/mol. The Morgan fingerprint density at radius 3 is 2.08 bits per heavy atom. The highest BCUT2D eigenvalue weighted by atomic mass is 16.3. The number of hydrogen-bond acceptors (Lipinski definition) is 1. The summed E-state index contributed by atoms with van der Waals surface area (Å²) in [5.41, 5.74) is 17.2. The second-order valence-corrected chi connectivity index (χ2v) is 14.4. The Bertz CT molecular complexity index is 3020. The molecule has 0 saturated carbocycles. The number of rotatable bonds is 4. The topological polar surface area (TPSA) is 18.1 Å². The van der Waals surface area contributed by atoms with Crippen molar-refractivity contribution in [1.29, 1.82) is 0 Å². The Balaban J connectivity index is 0.983. The van der Waals surface area contributed by atoms with Crippen LogP contribution in [0.25, 0.3) is 82.8 Å². The third kappa shape index (κ3) is 4.87. The van der Waals surface area contributed by atoms with Crippen LogP contribution in [-0.4, -0.2) is 4.57 Å². The van der Waals surface area contributed by atoms with Crippen LogP contribution in [0.1, 0.15) is 29.0 Å². The zero-order valence-electron chi connectivity index (χ0n) is 29.2. The van der Waals surface area contributed by atoms with Crippen molar-refractivity contribution in [1.82, 2.24) is 4.57 Å². The monoisotopic (exact) mass is 677 g/mol. The Morgan fingerprint density at radius 2 is 1.13 bits per heavy atom. The van der Waals surface area contributed by atoms with Crippen molar-refractivity contribution < 1.29 is 4.42 Å². The first-order chi connectivity index (χ1) is 26.3. The summed E-state index contributed by atoms with van der Waals surface area (Å²) in [6, 6.07) is 66.7. The van der Waals surface area contributed by atoms with E-state index in [0.29, 0.717) is 0 Å². The van der Waals surface area contributed by atoms with Crippen LogP contribution in [0.4, 0.5) is 0 Å². The molecule has 0 aliphatic heterocycles. The van der Waals surface area contributed by atoms with E-state index in [1.807, 2.05) is 12.1 Å². The van der Waals surface area contributed by atoms with Crippen LogP contribution in [0.3, 0.4) is 0 Å². The predicted octanol–water partition coefficient (Wildman–Crippen LogP) is 13.8. The lowest BCUT2D eigenvalue weighted by atomic mass is 9.84. The van der Waals surface area contributed by atoms with Crippen molar-refractivity contribution >= 4 is 43.7 Å². The van der Waals surface area contributed by atoms with E-state index in [4.69, 9.17) is 4.42 Å². The number of para-hydroxylation sites is 3. The first kappa shape index (κ1) is 30.0. The second kappa shape index (κ2) is 12.0. The molecule has 0 amide bonds. The van der Waals surface area contributed by atoms with E-state index in [1.165, 1.54) is 77.6 Å². The first-order valence-electron chi connectivity index (χ1n) is 18.6. The summed E-state index contributed by atoms with van der Waals surface area (Å²) in [7, 11) is 0. The van der Waals surface area contributed by atoms with Gasteiger partial charge in [0, 0.05) is 33.2 Å². The average Bonchev–Trinajstić information content (AvgIpc) is 3.71. The second-order valence-electron chi connectivity index (χ2n) is 14.4.